The van der Waals surface area contributed by atoms with Gasteiger partial charge in [-0.3, -0.25) is 4.79 Å². The quantitative estimate of drug-likeness (QED) is 0.771. The summed E-state index contributed by atoms with van der Waals surface area (Å²) >= 11 is 0. The molecule has 0 aliphatic carbocycles. The molecule has 1 aromatic carbocycles. The van der Waals surface area contributed by atoms with Gasteiger partial charge in [-0.25, -0.2) is 9.97 Å². The van der Waals surface area contributed by atoms with E-state index in [1.807, 2.05) is 0 Å². The van der Waals surface area contributed by atoms with E-state index in [4.69, 9.17) is 4.74 Å². The molecule has 2 aromatic heterocycles. The van der Waals surface area contributed by atoms with Crippen LogP contribution in [0.25, 0.3) is 5.95 Å². The highest BCUT2D eigenvalue weighted by atomic mass is 19.4. The number of aromatic nitrogens is 4. The van der Waals surface area contributed by atoms with Crippen molar-refractivity contribution in [2.75, 3.05) is 12.4 Å². The average Bonchev–Trinajstić information content (AvgIpc) is 3.08. The van der Waals surface area contributed by atoms with Gasteiger partial charge in [0.25, 0.3) is 11.9 Å². The lowest BCUT2D eigenvalue weighted by Gasteiger charge is -2.12. The predicted molar refractivity (Wildman–Crippen MR) is 85.1 cm³/mol. The molecule has 0 aliphatic rings. The van der Waals surface area contributed by atoms with Crippen LogP contribution < -0.4 is 10.1 Å². The van der Waals surface area contributed by atoms with Crippen LogP contribution in [-0.2, 0) is 6.18 Å². The number of hydrogen-bond acceptors (Lipinski definition) is 5. The highest BCUT2D eigenvalue weighted by Crippen LogP contribution is 2.33. The standard InChI is InChI=1S/C16H12F3N5O2/c1-26-11-5-2-4-10(8-11)23-14(25)12-9-22-24(13(12)16(17,18)19)15-20-6-3-7-21-15/h2-9H,1H3,(H,23,25). The summed E-state index contributed by atoms with van der Waals surface area (Å²) in [5.74, 6) is -0.805. The molecule has 10 heteroatoms. The minimum atomic E-state index is -4.84. The molecule has 134 valence electrons. The van der Waals surface area contributed by atoms with Crippen LogP contribution in [0.3, 0.4) is 0 Å². The Balaban J connectivity index is 1.99. The average molecular weight is 363 g/mol. The Kier molecular flexibility index (Phi) is 4.57. The second-order valence-electron chi connectivity index (χ2n) is 5.05. The molecule has 0 fully saturated rings. The third-order valence-corrected chi connectivity index (χ3v) is 3.35. The van der Waals surface area contributed by atoms with Crippen LogP contribution in [0.4, 0.5) is 18.9 Å². The Morgan fingerprint density at radius 3 is 2.58 bits per heavy atom. The highest BCUT2D eigenvalue weighted by Gasteiger charge is 2.41. The number of rotatable bonds is 4. The van der Waals surface area contributed by atoms with Crippen LogP contribution in [0.5, 0.6) is 5.75 Å². The van der Waals surface area contributed by atoms with Gasteiger partial charge in [-0.2, -0.15) is 23.0 Å². The molecule has 0 bridgehead atoms. The second kappa shape index (κ2) is 6.82. The molecule has 3 rings (SSSR count). The van der Waals surface area contributed by atoms with Crippen molar-refractivity contribution in [2.45, 2.75) is 6.18 Å². The topological polar surface area (TPSA) is 81.9 Å². The summed E-state index contributed by atoms with van der Waals surface area (Å²) in [5, 5.41) is 6.03. The van der Waals surface area contributed by atoms with Crippen molar-refractivity contribution in [1.29, 1.82) is 0 Å². The summed E-state index contributed by atoms with van der Waals surface area (Å²) in [5.41, 5.74) is -1.62. The molecule has 0 saturated carbocycles. The van der Waals surface area contributed by atoms with Crippen molar-refractivity contribution in [3.8, 4) is 11.7 Å². The predicted octanol–water partition coefficient (Wildman–Crippen LogP) is 2.94. The molecule has 0 saturated heterocycles. The largest absolute Gasteiger partial charge is 0.497 e. The van der Waals surface area contributed by atoms with Gasteiger partial charge in [0.2, 0.25) is 0 Å². The van der Waals surface area contributed by atoms with E-state index in [-0.39, 0.29) is 11.6 Å². The monoisotopic (exact) mass is 363 g/mol. The number of alkyl halides is 3. The van der Waals surface area contributed by atoms with E-state index >= 15 is 0 Å². The maximum absolute atomic E-state index is 13.5. The van der Waals surface area contributed by atoms with E-state index in [9.17, 15) is 18.0 Å². The zero-order valence-electron chi connectivity index (χ0n) is 13.4. The van der Waals surface area contributed by atoms with E-state index < -0.39 is 23.3 Å². The van der Waals surface area contributed by atoms with Crippen LogP contribution in [0.2, 0.25) is 0 Å². The number of carbonyl (C=O) groups is 1. The molecule has 7 nitrogen and oxygen atoms in total. The molecule has 0 unspecified atom stereocenters. The van der Waals surface area contributed by atoms with Crippen molar-refractivity contribution in [2.24, 2.45) is 0 Å². The first kappa shape index (κ1) is 17.4. The SMILES string of the molecule is COc1cccc(NC(=O)c2cnn(-c3ncccn3)c2C(F)(F)F)c1. The number of nitrogens with one attached hydrogen (secondary N) is 1. The van der Waals surface area contributed by atoms with Crippen LogP contribution in [0, 0.1) is 0 Å². The molecule has 3 aromatic rings. The number of hydrogen-bond donors (Lipinski definition) is 1. The zero-order valence-corrected chi connectivity index (χ0v) is 13.4. The van der Waals surface area contributed by atoms with Crippen molar-refractivity contribution >= 4 is 11.6 Å². The Bertz CT molecular complexity index is 925. The molecule has 0 spiro atoms. The number of carbonyl (C=O) groups excluding carboxylic acids is 1. The fraction of sp³-hybridized carbons (Fsp3) is 0.125. The number of ether oxygens (including phenoxy) is 1. The molecule has 1 amide bonds. The van der Waals surface area contributed by atoms with Crippen molar-refractivity contribution in [3.05, 3.63) is 60.2 Å². The van der Waals surface area contributed by atoms with Crippen LogP contribution in [-0.4, -0.2) is 32.8 Å². The van der Waals surface area contributed by atoms with Gasteiger partial charge in [0.1, 0.15) is 5.75 Å². The zero-order chi connectivity index (χ0) is 18.7. The van der Waals surface area contributed by atoms with Crippen LogP contribution in [0.15, 0.2) is 48.9 Å². The fourth-order valence-electron chi connectivity index (χ4n) is 2.24. The van der Waals surface area contributed by atoms with Gasteiger partial charge in [-0.05, 0) is 18.2 Å². The Hall–Kier alpha value is -3.43. The van der Waals surface area contributed by atoms with Gasteiger partial charge in [-0.15, -0.1) is 0 Å². The number of amides is 1. The van der Waals surface area contributed by atoms with Gasteiger partial charge in [0.15, 0.2) is 5.69 Å². The van der Waals surface area contributed by atoms with Gasteiger partial charge in [0, 0.05) is 24.1 Å². The molecule has 0 radical (unpaired) electrons. The third kappa shape index (κ3) is 3.48. The van der Waals surface area contributed by atoms with E-state index in [2.05, 4.69) is 20.4 Å². The molecule has 0 atom stereocenters. The summed E-state index contributed by atoms with van der Waals surface area (Å²) in [6, 6.07) is 7.70. The fourth-order valence-corrected chi connectivity index (χ4v) is 2.24. The highest BCUT2D eigenvalue weighted by molar-refractivity contribution is 6.05. The summed E-state index contributed by atoms with van der Waals surface area (Å²) in [4.78, 5) is 19.9. The Labute approximate surface area is 145 Å². The molecule has 0 aliphatic heterocycles. The first-order valence-electron chi connectivity index (χ1n) is 7.28. The number of benzene rings is 1. The first-order chi connectivity index (χ1) is 12.4. The Morgan fingerprint density at radius 1 is 1.19 bits per heavy atom. The van der Waals surface area contributed by atoms with Gasteiger partial charge >= 0.3 is 6.18 Å². The van der Waals surface area contributed by atoms with E-state index in [1.165, 1.54) is 37.7 Å². The maximum atomic E-state index is 13.5. The maximum Gasteiger partial charge on any atom is 0.434 e. The lowest BCUT2D eigenvalue weighted by Crippen LogP contribution is -2.21. The molecule has 1 N–H and O–H groups in total. The lowest BCUT2D eigenvalue weighted by atomic mass is 10.2. The van der Waals surface area contributed by atoms with Crippen LogP contribution >= 0.6 is 0 Å². The smallest absolute Gasteiger partial charge is 0.434 e. The molecule has 2 heterocycles. The summed E-state index contributed by atoms with van der Waals surface area (Å²) < 4.78 is 46.1. The van der Waals surface area contributed by atoms with Gasteiger partial charge < -0.3 is 10.1 Å². The van der Waals surface area contributed by atoms with Crippen molar-refractivity contribution < 1.29 is 22.7 Å². The molecule has 26 heavy (non-hydrogen) atoms. The van der Waals surface area contributed by atoms with Crippen LogP contribution in [0.1, 0.15) is 16.1 Å². The minimum absolute atomic E-state index is 0.284. The molecular formula is C16H12F3N5O2. The third-order valence-electron chi connectivity index (χ3n) is 3.35. The van der Waals surface area contributed by atoms with Crippen molar-refractivity contribution in [3.63, 3.8) is 0 Å². The number of nitrogens with zero attached hydrogens (tertiary/aromatic N) is 4. The van der Waals surface area contributed by atoms with Gasteiger partial charge in [0.05, 0.1) is 18.9 Å². The van der Waals surface area contributed by atoms with Gasteiger partial charge in [-0.1, -0.05) is 6.07 Å². The first-order valence-corrected chi connectivity index (χ1v) is 7.28. The summed E-state index contributed by atoms with van der Waals surface area (Å²) in [7, 11) is 1.44. The van der Waals surface area contributed by atoms with E-state index in [0.717, 1.165) is 6.20 Å². The number of anilines is 1. The number of halogens is 3. The number of methoxy groups -OCH3 is 1. The minimum Gasteiger partial charge on any atom is -0.497 e. The normalized spacial score (nSPS) is 11.2. The Morgan fingerprint density at radius 2 is 1.92 bits per heavy atom. The summed E-state index contributed by atoms with van der Waals surface area (Å²) in [6.07, 6.45) is -1.45. The lowest BCUT2D eigenvalue weighted by molar-refractivity contribution is -0.143. The summed E-state index contributed by atoms with van der Waals surface area (Å²) in [6.45, 7) is 0. The molecular weight excluding hydrogens is 351 g/mol. The van der Waals surface area contributed by atoms with Crippen molar-refractivity contribution in [1.82, 2.24) is 19.7 Å². The van der Waals surface area contributed by atoms with E-state index in [0.29, 0.717) is 10.4 Å². The van der Waals surface area contributed by atoms with E-state index in [1.54, 1.807) is 12.1 Å². The second-order valence-corrected chi connectivity index (χ2v) is 5.05.